The summed E-state index contributed by atoms with van der Waals surface area (Å²) in [6, 6.07) is 3.31. The summed E-state index contributed by atoms with van der Waals surface area (Å²) in [4.78, 5) is 22.7. The van der Waals surface area contributed by atoms with Gasteiger partial charge < -0.3 is 15.8 Å². The third-order valence-electron chi connectivity index (χ3n) is 2.52. The summed E-state index contributed by atoms with van der Waals surface area (Å²) in [7, 11) is 1.27. The van der Waals surface area contributed by atoms with Gasteiger partial charge in [0.05, 0.1) is 18.6 Å². The molecule has 1 unspecified atom stereocenters. The molecule has 0 spiro atoms. The lowest BCUT2D eigenvalue weighted by atomic mass is 10.2. The lowest BCUT2D eigenvalue weighted by Gasteiger charge is -2.09. The Morgan fingerprint density at radius 1 is 1.52 bits per heavy atom. The molecule has 116 valence electrons. The zero-order valence-corrected chi connectivity index (χ0v) is 13.0. The van der Waals surface area contributed by atoms with E-state index in [2.05, 4.69) is 10.1 Å². The topological polar surface area (TPSA) is 81.4 Å². The van der Waals surface area contributed by atoms with E-state index < -0.39 is 17.8 Å². The summed E-state index contributed by atoms with van der Waals surface area (Å²) in [6.07, 6.45) is 0.403. The first-order valence-electron chi connectivity index (χ1n) is 6.10. The molecule has 1 amide bonds. The van der Waals surface area contributed by atoms with Gasteiger partial charge in [-0.3, -0.25) is 9.59 Å². The second kappa shape index (κ2) is 8.86. The fraction of sp³-hybridized carbons (Fsp3) is 0.385. The summed E-state index contributed by atoms with van der Waals surface area (Å²) < 4.78 is 17.9. The van der Waals surface area contributed by atoms with E-state index in [0.29, 0.717) is 12.2 Å². The largest absolute Gasteiger partial charge is 0.468 e. The van der Waals surface area contributed by atoms with Gasteiger partial charge in [0, 0.05) is 5.02 Å². The number of thioether (sulfide) groups is 1. The van der Waals surface area contributed by atoms with E-state index in [1.165, 1.54) is 31.0 Å². The maximum Gasteiger partial charge on any atom is 0.322 e. The van der Waals surface area contributed by atoms with Gasteiger partial charge in [0.15, 0.2) is 0 Å². The third kappa shape index (κ3) is 6.33. The smallest absolute Gasteiger partial charge is 0.322 e. The SMILES string of the molecule is COC(=O)C(N)CCSCC(=O)Nc1ccc(Cl)cc1F. The number of methoxy groups -OCH3 is 1. The van der Waals surface area contributed by atoms with Crippen molar-refractivity contribution in [3.05, 3.63) is 29.0 Å². The number of anilines is 1. The molecular weight excluding hydrogens is 319 g/mol. The molecule has 1 atom stereocenters. The molecule has 21 heavy (non-hydrogen) atoms. The summed E-state index contributed by atoms with van der Waals surface area (Å²) in [5, 5.41) is 2.70. The molecule has 0 aliphatic rings. The zero-order chi connectivity index (χ0) is 15.8. The molecule has 0 saturated carbocycles. The van der Waals surface area contributed by atoms with Crippen molar-refractivity contribution in [2.75, 3.05) is 23.9 Å². The molecule has 0 bridgehead atoms. The van der Waals surface area contributed by atoms with Crippen molar-refractivity contribution >= 4 is 40.9 Å². The van der Waals surface area contributed by atoms with E-state index in [9.17, 15) is 14.0 Å². The Labute approximate surface area is 131 Å². The number of carbonyl (C=O) groups excluding carboxylic acids is 2. The fourth-order valence-corrected chi connectivity index (χ4v) is 2.40. The molecule has 0 aliphatic carbocycles. The molecule has 1 aromatic rings. The molecular formula is C13H16ClFN2O3S. The number of nitrogens with one attached hydrogen (secondary N) is 1. The highest BCUT2D eigenvalue weighted by Gasteiger charge is 2.13. The highest BCUT2D eigenvalue weighted by Crippen LogP contribution is 2.19. The van der Waals surface area contributed by atoms with Crippen LogP contribution in [0.1, 0.15) is 6.42 Å². The maximum atomic E-state index is 13.5. The van der Waals surface area contributed by atoms with Crippen LogP contribution in [0.5, 0.6) is 0 Å². The Bertz CT molecular complexity index is 516. The van der Waals surface area contributed by atoms with E-state index in [1.807, 2.05) is 0 Å². The number of hydrogen-bond donors (Lipinski definition) is 2. The van der Waals surface area contributed by atoms with Gasteiger partial charge in [-0.15, -0.1) is 0 Å². The van der Waals surface area contributed by atoms with E-state index in [0.717, 1.165) is 6.07 Å². The molecule has 1 rings (SSSR count). The number of nitrogens with two attached hydrogens (primary N) is 1. The van der Waals surface area contributed by atoms with Crippen molar-refractivity contribution in [2.45, 2.75) is 12.5 Å². The lowest BCUT2D eigenvalue weighted by molar-refractivity contribution is -0.142. The Hall–Kier alpha value is -1.31. The zero-order valence-electron chi connectivity index (χ0n) is 11.4. The number of carbonyl (C=O) groups is 2. The predicted molar refractivity (Wildman–Crippen MR) is 82.0 cm³/mol. The van der Waals surface area contributed by atoms with Crippen molar-refractivity contribution in [3.63, 3.8) is 0 Å². The van der Waals surface area contributed by atoms with Gasteiger partial charge in [-0.2, -0.15) is 11.8 Å². The van der Waals surface area contributed by atoms with Crippen molar-refractivity contribution < 1.29 is 18.7 Å². The lowest BCUT2D eigenvalue weighted by Crippen LogP contribution is -2.32. The molecule has 1 aromatic carbocycles. The molecule has 3 N–H and O–H groups in total. The highest BCUT2D eigenvalue weighted by atomic mass is 35.5. The van der Waals surface area contributed by atoms with Crippen molar-refractivity contribution in [1.82, 2.24) is 0 Å². The van der Waals surface area contributed by atoms with Gasteiger partial charge in [-0.05, 0) is 30.4 Å². The normalized spacial score (nSPS) is 11.8. The maximum absolute atomic E-state index is 13.5. The van der Waals surface area contributed by atoms with Gasteiger partial charge in [0.25, 0.3) is 0 Å². The number of rotatable bonds is 7. The van der Waals surface area contributed by atoms with E-state index >= 15 is 0 Å². The van der Waals surface area contributed by atoms with Crippen LogP contribution in [0, 0.1) is 5.82 Å². The van der Waals surface area contributed by atoms with Crippen molar-refractivity contribution in [1.29, 1.82) is 0 Å². The van der Waals surface area contributed by atoms with Gasteiger partial charge >= 0.3 is 5.97 Å². The van der Waals surface area contributed by atoms with Crippen LogP contribution < -0.4 is 11.1 Å². The van der Waals surface area contributed by atoms with Crippen LogP contribution in [-0.2, 0) is 14.3 Å². The molecule has 8 heteroatoms. The summed E-state index contributed by atoms with van der Waals surface area (Å²) >= 11 is 6.91. The Balaban J connectivity index is 2.30. The van der Waals surface area contributed by atoms with E-state index in [1.54, 1.807) is 0 Å². The van der Waals surface area contributed by atoms with E-state index in [-0.39, 0.29) is 22.4 Å². The number of ether oxygens (including phenoxy) is 1. The first kappa shape index (κ1) is 17.7. The molecule has 5 nitrogen and oxygen atoms in total. The van der Waals surface area contributed by atoms with Crippen LogP contribution in [0.4, 0.5) is 10.1 Å². The standard InChI is InChI=1S/C13H16ClFN2O3S/c1-20-13(19)10(16)4-5-21-7-12(18)17-11-3-2-8(14)6-9(11)15/h2-3,6,10H,4-5,7,16H2,1H3,(H,17,18). The molecule has 0 heterocycles. The van der Waals surface area contributed by atoms with Gasteiger partial charge in [-0.25, -0.2) is 4.39 Å². The Morgan fingerprint density at radius 3 is 2.86 bits per heavy atom. The summed E-state index contributed by atoms with van der Waals surface area (Å²) in [6.45, 7) is 0. The second-order valence-corrected chi connectivity index (χ2v) is 5.68. The summed E-state index contributed by atoms with van der Waals surface area (Å²) in [5.74, 6) is -0.757. The molecule has 0 aromatic heterocycles. The van der Waals surface area contributed by atoms with Crippen LogP contribution in [0.25, 0.3) is 0 Å². The first-order valence-corrected chi connectivity index (χ1v) is 7.63. The van der Waals surface area contributed by atoms with Crippen LogP contribution in [-0.4, -0.2) is 36.5 Å². The molecule has 0 saturated heterocycles. The number of halogens is 2. The Morgan fingerprint density at radius 2 is 2.24 bits per heavy atom. The van der Waals surface area contributed by atoms with Crippen LogP contribution >= 0.6 is 23.4 Å². The first-order chi connectivity index (χ1) is 9.93. The van der Waals surface area contributed by atoms with Gasteiger partial charge in [0.1, 0.15) is 11.9 Å². The molecule has 0 fully saturated rings. The van der Waals surface area contributed by atoms with Crippen molar-refractivity contribution in [2.24, 2.45) is 5.73 Å². The Kier molecular flexibility index (Phi) is 7.49. The van der Waals surface area contributed by atoms with Crippen molar-refractivity contribution in [3.8, 4) is 0 Å². The number of benzene rings is 1. The minimum Gasteiger partial charge on any atom is -0.468 e. The second-order valence-electron chi connectivity index (χ2n) is 4.14. The number of esters is 1. The van der Waals surface area contributed by atoms with Crippen LogP contribution in [0.2, 0.25) is 5.02 Å². The monoisotopic (exact) mass is 334 g/mol. The quantitative estimate of drug-likeness (QED) is 0.589. The van der Waals surface area contributed by atoms with E-state index in [4.69, 9.17) is 17.3 Å². The predicted octanol–water partition coefficient (Wildman–Crippen LogP) is 2.04. The van der Waals surface area contributed by atoms with Gasteiger partial charge in [0.2, 0.25) is 5.91 Å². The van der Waals surface area contributed by atoms with Crippen LogP contribution in [0.15, 0.2) is 18.2 Å². The van der Waals surface area contributed by atoms with Crippen LogP contribution in [0.3, 0.4) is 0 Å². The minimum absolute atomic E-state index is 0.0799. The van der Waals surface area contributed by atoms with Gasteiger partial charge in [-0.1, -0.05) is 11.6 Å². The fourth-order valence-electron chi connectivity index (χ4n) is 1.42. The minimum atomic E-state index is -0.695. The average molecular weight is 335 g/mol. The summed E-state index contributed by atoms with van der Waals surface area (Å²) in [5.41, 5.74) is 5.63. The molecule has 0 radical (unpaired) electrons. The highest BCUT2D eigenvalue weighted by molar-refractivity contribution is 7.99. The average Bonchev–Trinajstić information content (AvgIpc) is 2.45. The number of amides is 1. The number of hydrogen-bond acceptors (Lipinski definition) is 5. The third-order valence-corrected chi connectivity index (χ3v) is 3.74. The molecule has 0 aliphatic heterocycles.